The van der Waals surface area contributed by atoms with Gasteiger partial charge in [0.1, 0.15) is 23.2 Å². The minimum Gasteiger partial charge on any atom is -0.494 e. The van der Waals surface area contributed by atoms with E-state index in [1.54, 1.807) is 6.07 Å². The Morgan fingerprint density at radius 1 is 1.30 bits per heavy atom. The second-order valence-corrected chi connectivity index (χ2v) is 5.53. The predicted molar refractivity (Wildman–Crippen MR) is 98.9 cm³/mol. The highest BCUT2D eigenvalue weighted by atomic mass is 16.5. The van der Waals surface area contributed by atoms with E-state index in [-0.39, 0.29) is 17.1 Å². The van der Waals surface area contributed by atoms with Gasteiger partial charge in [0.05, 0.1) is 25.6 Å². The first-order chi connectivity index (χ1) is 13.1. The quantitative estimate of drug-likeness (QED) is 0.667. The van der Waals surface area contributed by atoms with Crippen LogP contribution in [0.3, 0.4) is 0 Å². The number of methoxy groups -OCH3 is 1. The molecule has 1 aromatic carbocycles. The summed E-state index contributed by atoms with van der Waals surface area (Å²) in [5.41, 5.74) is 8.52. The van der Waals surface area contributed by atoms with E-state index in [4.69, 9.17) is 15.2 Å². The predicted octanol–water partition coefficient (Wildman–Crippen LogP) is 2.78. The fourth-order valence-corrected chi connectivity index (χ4v) is 2.68. The first kappa shape index (κ1) is 17.9. The van der Waals surface area contributed by atoms with E-state index in [1.807, 2.05) is 37.3 Å². The Labute approximate surface area is 155 Å². The Bertz CT molecular complexity index is 1020. The van der Waals surface area contributed by atoms with Crippen LogP contribution in [0.15, 0.2) is 36.5 Å². The summed E-state index contributed by atoms with van der Waals surface area (Å²) in [7, 11) is 1.27. The SMILES string of the molecule is CCOc1ccc(-c2cc(-c3cn[nH]c3C(=O)OC)c(C#N)c(N)n2)cc1. The molecule has 27 heavy (non-hydrogen) atoms. The zero-order chi connectivity index (χ0) is 19.4. The highest BCUT2D eigenvalue weighted by Crippen LogP contribution is 2.33. The molecule has 0 atom stereocenters. The minimum atomic E-state index is -0.593. The average Bonchev–Trinajstić information content (AvgIpc) is 3.17. The summed E-state index contributed by atoms with van der Waals surface area (Å²) < 4.78 is 10.2. The summed E-state index contributed by atoms with van der Waals surface area (Å²) in [6.45, 7) is 2.48. The van der Waals surface area contributed by atoms with Crippen molar-refractivity contribution < 1.29 is 14.3 Å². The molecular formula is C19H17N5O3. The molecule has 8 heteroatoms. The molecule has 2 heterocycles. The number of hydrogen-bond acceptors (Lipinski definition) is 7. The molecular weight excluding hydrogens is 346 g/mol. The lowest BCUT2D eigenvalue weighted by molar-refractivity contribution is 0.0595. The number of ether oxygens (including phenoxy) is 2. The Balaban J connectivity index is 2.14. The number of benzene rings is 1. The van der Waals surface area contributed by atoms with Gasteiger partial charge in [-0.25, -0.2) is 9.78 Å². The zero-order valence-corrected chi connectivity index (χ0v) is 14.8. The number of carbonyl (C=O) groups is 1. The smallest absolute Gasteiger partial charge is 0.356 e. The first-order valence-corrected chi connectivity index (χ1v) is 8.15. The fraction of sp³-hybridized carbons (Fsp3) is 0.158. The van der Waals surface area contributed by atoms with Gasteiger partial charge in [0, 0.05) is 16.7 Å². The number of nitrogens with two attached hydrogens (primary N) is 1. The van der Waals surface area contributed by atoms with Gasteiger partial charge < -0.3 is 15.2 Å². The molecule has 0 amide bonds. The van der Waals surface area contributed by atoms with Crippen LogP contribution in [-0.2, 0) is 4.74 Å². The van der Waals surface area contributed by atoms with Gasteiger partial charge in [-0.15, -0.1) is 0 Å². The Morgan fingerprint density at radius 2 is 2.04 bits per heavy atom. The topological polar surface area (TPSA) is 127 Å². The molecule has 136 valence electrons. The first-order valence-electron chi connectivity index (χ1n) is 8.15. The maximum Gasteiger partial charge on any atom is 0.356 e. The van der Waals surface area contributed by atoms with Gasteiger partial charge in [0.2, 0.25) is 0 Å². The number of esters is 1. The van der Waals surface area contributed by atoms with E-state index in [2.05, 4.69) is 15.2 Å². The third-order valence-electron chi connectivity index (χ3n) is 3.94. The lowest BCUT2D eigenvalue weighted by Gasteiger charge is -2.10. The summed E-state index contributed by atoms with van der Waals surface area (Å²) >= 11 is 0. The van der Waals surface area contributed by atoms with E-state index in [9.17, 15) is 10.1 Å². The zero-order valence-electron chi connectivity index (χ0n) is 14.8. The number of aromatic nitrogens is 3. The molecule has 3 rings (SSSR count). The number of nitrogens with one attached hydrogen (secondary N) is 1. The fourth-order valence-electron chi connectivity index (χ4n) is 2.68. The van der Waals surface area contributed by atoms with Gasteiger partial charge in [-0.3, -0.25) is 5.10 Å². The van der Waals surface area contributed by atoms with Crippen molar-refractivity contribution in [3.05, 3.63) is 47.8 Å². The van der Waals surface area contributed by atoms with Crippen LogP contribution in [0.5, 0.6) is 5.75 Å². The molecule has 0 spiro atoms. The molecule has 0 fully saturated rings. The third-order valence-corrected chi connectivity index (χ3v) is 3.94. The number of rotatable bonds is 5. The van der Waals surface area contributed by atoms with Crippen molar-refractivity contribution in [3.8, 4) is 34.2 Å². The Hall–Kier alpha value is -3.86. The van der Waals surface area contributed by atoms with Gasteiger partial charge >= 0.3 is 5.97 Å². The van der Waals surface area contributed by atoms with Crippen molar-refractivity contribution in [1.82, 2.24) is 15.2 Å². The molecule has 8 nitrogen and oxygen atoms in total. The van der Waals surface area contributed by atoms with E-state index >= 15 is 0 Å². The monoisotopic (exact) mass is 363 g/mol. The number of anilines is 1. The van der Waals surface area contributed by atoms with Crippen molar-refractivity contribution in [2.24, 2.45) is 0 Å². The van der Waals surface area contributed by atoms with Crippen LogP contribution in [0.2, 0.25) is 0 Å². The maximum atomic E-state index is 12.0. The van der Waals surface area contributed by atoms with Crippen molar-refractivity contribution in [2.75, 3.05) is 19.5 Å². The van der Waals surface area contributed by atoms with Gasteiger partial charge in [-0.05, 0) is 37.3 Å². The molecule has 0 saturated heterocycles. The molecule has 2 aromatic heterocycles. The number of nitrogens with zero attached hydrogens (tertiary/aromatic N) is 3. The van der Waals surface area contributed by atoms with Crippen LogP contribution in [-0.4, -0.2) is 34.9 Å². The number of nitriles is 1. The van der Waals surface area contributed by atoms with Gasteiger partial charge in [-0.1, -0.05) is 0 Å². The average molecular weight is 363 g/mol. The molecule has 0 aliphatic heterocycles. The standard InChI is InChI=1S/C19H17N5O3/c1-3-27-12-6-4-11(5-7-12)16-8-13(14(9-20)18(21)23-16)15-10-22-24-17(15)19(25)26-2/h4-8,10H,3H2,1-2H3,(H2,21,23)(H,22,24). The number of aromatic amines is 1. The summed E-state index contributed by atoms with van der Waals surface area (Å²) in [6.07, 6.45) is 1.45. The van der Waals surface area contributed by atoms with Crippen LogP contribution < -0.4 is 10.5 Å². The van der Waals surface area contributed by atoms with E-state index < -0.39 is 5.97 Å². The van der Waals surface area contributed by atoms with Crippen molar-refractivity contribution in [3.63, 3.8) is 0 Å². The Kier molecular flexibility index (Phi) is 5.04. The largest absolute Gasteiger partial charge is 0.494 e. The molecule has 0 aliphatic rings. The van der Waals surface area contributed by atoms with Gasteiger partial charge in [0.15, 0.2) is 5.69 Å². The highest BCUT2D eigenvalue weighted by molar-refractivity contribution is 5.97. The van der Waals surface area contributed by atoms with E-state index in [0.29, 0.717) is 23.4 Å². The Morgan fingerprint density at radius 3 is 2.67 bits per heavy atom. The molecule has 0 unspecified atom stereocenters. The lowest BCUT2D eigenvalue weighted by Crippen LogP contribution is -2.05. The second-order valence-electron chi connectivity index (χ2n) is 5.53. The summed E-state index contributed by atoms with van der Waals surface area (Å²) in [4.78, 5) is 16.3. The summed E-state index contributed by atoms with van der Waals surface area (Å²) in [6, 6.07) is 11.1. The van der Waals surface area contributed by atoms with Crippen LogP contribution in [0.4, 0.5) is 5.82 Å². The second kappa shape index (κ2) is 7.58. The number of carbonyl (C=O) groups excluding carboxylic acids is 1. The van der Waals surface area contributed by atoms with Gasteiger partial charge in [-0.2, -0.15) is 10.4 Å². The summed E-state index contributed by atoms with van der Waals surface area (Å²) in [5.74, 6) is 0.214. The van der Waals surface area contributed by atoms with Crippen LogP contribution >= 0.6 is 0 Å². The summed E-state index contributed by atoms with van der Waals surface area (Å²) in [5, 5.41) is 16.0. The number of pyridine rings is 1. The van der Waals surface area contributed by atoms with Crippen LogP contribution in [0.1, 0.15) is 23.0 Å². The highest BCUT2D eigenvalue weighted by Gasteiger charge is 2.21. The molecule has 3 aromatic rings. The third kappa shape index (κ3) is 3.43. The number of H-pyrrole nitrogens is 1. The van der Waals surface area contributed by atoms with Crippen molar-refractivity contribution >= 4 is 11.8 Å². The maximum absolute atomic E-state index is 12.0. The molecule has 0 radical (unpaired) electrons. The van der Waals surface area contributed by atoms with Crippen LogP contribution in [0.25, 0.3) is 22.4 Å². The van der Waals surface area contributed by atoms with Crippen LogP contribution in [0, 0.1) is 11.3 Å². The normalized spacial score (nSPS) is 10.3. The minimum absolute atomic E-state index is 0.0656. The number of nitrogen functional groups attached to an aromatic ring is 1. The van der Waals surface area contributed by atoms with Crippen molar-refractivity contribution in [1.29, 1.82) is 5.26 Å². The molecule has 3 N–H and O–H groups in total. The van der Waals surface area contributed by atoms with E-state index in [1.165, 1.54) is 13.3 Å². The molecule has 0 aliphatic carbocycles. The number of hydrogen-bond donors (Lipinski definition) is 2. The van der Waals surface area contributed by atoms with E-state index in [0.717, 1.165) is 11.3 Å². The molecule has 0 bridgehead atoms. The van der Waals surface area contributed by atoms with Crippen molar-refractivity contribution in [2.45, 2.75) is 6.92 Å². The lowest BCUT2D eigenvalue weighted by atomic mass is 9.98. The molecule has 0 saturated carbocycles. The van der Waals surface area contributed by atoms with Gasteiger partial charge in [0.25, 0.3) is 0 Å².